The number of carboxylic acid groups (broad SMARTS) is 1. The van der Waals surface area contributed by atoms with Gasteiger partial charge in [-0.25, -0.2) is 19.3 Å². The van der Waals surface area contributed by atoms with Gasteiger partial charge in [-0.05, 0) is 49.8 Å². The highest BCUT2D eigenvalue weighted by Crippen LogP contribution is 2.44. The lowest BCUT2D eigenvalue weighted by Crippen LogP contribution is -2.47. The maximum absolute atomic E-state index is 12.2. The zero-order valence-electron chi connectivity index (χ0n) is 19.8. The van der Waals surface area contributed by atoms with Gasteiger partial charge in [0.1, 0.15) is 0 Å². The van der Waals surface area contributed by atoms with E-state index in [1.54, 1.807) is 10.7 Å². The highest BCUT2D eigenvalue weighted by molar-refractivity contribution is 5.98. The lowest BCUT2D eigenvalue weighted by molar-refractivity contribution is 0.0690. The molecule has 1 saturated carbocycles. The Kier molecular flexibility index (Phi) is 5.35. The molecule has 3 aromatic rings. The van der Waals surface area contributed by atoms with Crippen molar-refractivity contribution in [3.8, 4) is 5.69 Å². The molecule has 35 heavy (non-hydrogen) atoms. The Bertz CT molecular complexity index is 1290. The van der Waals surface area contributed by atoms with Crippen molar-refractivity contribution < 1.29 is 19.4 Å². The van der Waals surface area contributed by atoms with Gasteiger partial charge in [0.15, 0.2) is 11.3 Å². The molecule has 3 aliphatic rings. The number of ether oxygens (including phenoxy) is 1. The van der Waals surface area contributed by atoms with E-state index in [0.717, 1.165) is 61.2 Å². The van der Waals surface area contributed by atoms with Crippen LogP contribution in [0.1, 0.15) is 54.2 Å². The standard InChI is InChI=1S/C26H29N5O4/c1-35-26(34)30-13-10-17-15-29(12-11-20(17)30)21-14-19(25(32)33)27-24-22(21)23(16-6-5-7-16)28-31(24)18-8-3-2-4-9-18/h2-4,8-9,14,16-17,20H,5-7,10-13,15H2,1H3,(H,32,33). The summed E-state index contributed by atoms with van der Waals surface area (Å²) in [6.07, 6.45) is 4.81. The second-order valence-electron chi connectivity index (χ2n) is 9.81. The summed E-state index contributed by atoms with van der Waals surface area (Å²) < 4.78 is 6.79. The Morgan fingerprint density at radius 3 is 2.57 bits per heavy atom. The van der Waals surface area contributed by atoms with E-state index in [-0.39, 0.29) is 17.8 Å². The molecule has 4 heterocycles. The van der Waals surface area contributed by atoms with E-state index in [1.807, 2.05) is 35.2 Å². The van der Waals surface area contributed by atoms with Gasteiger partial charge in [-0.2, -0.15) is 5.10 Å². The average molecular weight is 476 g/mol. The molecular formula is C26H29N5O4. The molecule has 2 saturated heterocycles. The van der Waals surface area contributed by atoms with E-state index in [1.165, 1.54) is 13.5 Å². The van der Waals surface area contributed by atoms with Gasteiger partial charge < -0.3 is 19.6 Å². The highest BCUT2D eigenvalue weighted by Gasteiger charge is 2.42. The molecule has 1 aromatic carbocycles. The number of piperidine rings is 1. The lowest BCUT2D eigenvalue weighted by atomic mass is 9.81. The van der Waals surface area contributed by atoms with Gasteiger partial charge in [0.2, 0.25) is 0 Å². The number of benzene rings is 1. The largest absolute Gasteiger partial charge is 0.477 e. The molecule has 9 heteroatoms. The number of likely N-dealkylation sites (tertiary alicyclic amines) is 1. The minimum Gasteiger partial charge on any atom is -0.477 e. The molecule has 0 spiro atoms. The Morgan fingerprint density at radius 2 is 1.89 bits per heavy atom. The first kappa shape index (κ1) is 21.9. The molecule has 6 rings (SSSR count). The van der Waals surface area contributed by atoms with Crippen molar-refractivity contribution in [1.29, 1.82) is 0 Å². The van der Waals surface area contributed by atoms with Crippen molar-refractivity contribution in [3.05, 3.63) is 47.8 Å². The van der Waals surface area contributed by atoms with Crippen LogP contribution in [-0.2, 0) is 4.74 Å². The molecule has 182 valence electrons. The molecule has 0 radical (unpaired) electrons. The van der Waals surface area contributed by atoms with Crippen LogP contribution in [0.4, 0.5) is 10.5 Å². The second-order valence-corrected chi connectivity index (χ2v) is 9.81. The van der Waals surface area contributed by atoms with Crippen LogP contribution in [0.3, 0.4) is 0 Å². The van der Waals surface area contributed by atoms with E-state index in [2.05, 4.69) is 9.88 Å². The van der Waals surface area contributed by atoms with Crippen molar-refractivity contribution in [1.82, 2.24) is 19.7 Å². The molecule has 9 nitrogen and oxygen atoms in total. The molecule has 3 fully saturated rings. The van der Waals surface area contributed by atoms with Crippen LogP contribution < -0.4 is 4.90 Å². The summed E-state index contributed by atoms with van der Waals surface area (Å²) in [6, 6.07) is 11.7. The van der Waals surface area contributed by atoms with E-state index < -0.39 is 5.97 Å². The second kappa shape index (κ2) is 8.55. The molecule has 2 aromatic heterocycles. The summed E-state index contributed by atoms with van der Waals surface area (Å²) >= 11 is 0. The maximum Gasteiger partial charge on any atom is 0.409 e. The third-order valence-corrected chi connectivity index (χ3v) is 7.94. The molecule has 1 amide bonds. The van der Waals surface area contributed by atoms with Gasteiger partial charge >= 0.3 is 12.1 Å². The first-order chi connectivity index (χ1) is 17.0. The minimum atomic E-state index is -1.05. The van der Waals surface area contributed by atoms with Gasteiger partial charge in [-0.15, -0.1) is 0 Å². The predicted octanol–water partition coefficient (Wildman–Crippen LogP) is 4.05. The van der Waals surface area contributed by atoms with Gasteiger partial charge in [0.05, 0.1) is 29.6 Å². The number of aromatic nitrogens is 3. The highest BCUT2D eigenvalue weighted by atomic mass is 16.5. The number of amides is 1. The summed E-state index contributed by atoms with van der Waals surface area (Å²) in [6.45, 7) is 2.19. The zero-order chi connectivity index (χ0) is 24.1. The van der Waals surface area contributed by atoms with Gasteiger partial charge in [-0.1, -0.05) is 24.6 Å². The number of nitrogens with zero attached hydrogens (tertiary/aromatic N) is 5. The zero-order valence-corrected chi connectivity index (χ0v) is 19.8. The monoisotopic (exact) mass is 475 g/mol. The minimum absolute atomic E-state index is 0.0227. The van der Waals surface area contributed by atoms with Crippen LogP contribution in [0.15, 0.2) is 36.4 Å². The number of anilines is 1. The van der Waals surface area contributed by atoms with Crippen molar-refractivity contribution in [2.45, 2.75) is 44.1 Å². The summed E-state index contributed by atoms with van der Waals surface area (Å²) in [5.74, 6) is -0.375. The Hall–Kier alpha value is -3.62. The quantitative estimate of drug-likeness (QED) is 0.607. The third-order valence-electron chi connectivity index (χ3n) is 7.94. The first-order valence-corrected chi connectivity index (χ1v) is 12.4. The van der Waals surface area contributed by atoms with Crippen LogP contribution in [0.25, 0.3) is 16.7 Å². The van der Waals surface area contributed by atoms with Crippen molar-refractivity contribution in [3.63, 3.8) is 0 Å². The van der Waals surface area contributed by atoms with Crippen LogP contribution in [-0.4, -0.2) is 69.6 Å². The van der Waals surface area contributed by atoms with Crippen LogP contribution in [0, 0.1) is 5.92 Å². The number of hydrogen-bond donors (Lipinski definition) is 1. The van der Waals surface area contributed by atoms with Crippen molar-refractivity contribution in [2.24, 2.45) is 5.92 Å². The van der Waals surface area contributed by atoms with E-state index >= 15 is 0 Å². The van der Waals surface area contributed by atoms with E-state index in [9.17, 15) is 14.7 Å². The van der Waals surface area contributed by atoms with Crippen LogP contribution >= 0.6 is 0 Å². The molecule has 2 aliphatic heterocycles. The number of carbonyl (C=O) groups is 2. The number of aromatic carboxylic acids is 1. The summed E-state index contributed by atoms with van der Waals surface area (Å²) in [5.41, 5.74) is 3.39. The Labute approximate surface area is 203 Å². The number of carboxylic acids is 1. The lowest BCUT2D eigenvalue weighted by Gasteiger charge is -2.39. The summed E-state index contributed by atoms with van der Waals surface area (Å²) in [5, 5.41) is 15.9. The fraction of sp³-hybridized carbons (Fsp3) is 0.462. The van der Waals surface area contributed by atoms with Crippen molar-refractivity contribution in [2.75, 3.05) is 31.6 Å². The van der Waals surface area contributed by atoms with E-state index in [4.69, 9.17) is 9.84 Å². The number of methoxy groups -OCH3 is 1. The summed E-state index contributed by atoms with van der Waals surface area (Å²) in [4.78, 5) is 33.0. The van der Waals surface area contributed by atoms with E-state index in [0.29, 0.717) is 24.0 Å². The van der Waals surface area contributed by atoms with Crippen LogP contribution in [0.2, 0.25) is 0 Å². The fourth-order valence-electron chi connectivity index (χ4n) is 5.95. The molecule has 0 bridgehead atoms. The third kappa shape index (κ3) is 3.61. The molecule has 2 atom stereocenters. The molecular weight excluding hydrogens is 446 g/mol. The van der Waals surface area contributed by atoms with Gasteiger partial charge in [0, 0.05) is 31.6 Å². The number of carbonyl (C=O) groups excluding carboxylic acids is 1. The normalized spacial score (nSPS) is 22.2. The summed E-state index contributed by atoms with van der Waals surface area (Å²) in [7, 11) is 1.43. The first-order valence-electron chi connectivity index (χ1n) is 12.4. The smallest absolute Gasteiger partial charge is 0.409 e. The average Bonchev–Trinajstić information content (AvgIpc) is 3.44. The molecule has 1 N–H and O–H groups in total. The fourth-order valence-corrected chi connectivity index (χ4v) is 5.95. The van der Waals surface area contributed by atoms with Crippen molar-refractivity contribution >= 4 is 28.8 Å². The molecule has 1 aliphatic carbocycles. The number of hydrogen-bond acceptors (Lipinski definition) is 6. The molecule has 2 unspecified atom stereocenters. The number of pyridine rings is 1. The van der Waals surface area contributed by atoms with Gasteiger partial charge in [0.25, 0.3) is 0 Å². The number of fused-ring (bicyclic) bond motifs is 2. The Morgan fingerprint density at radius 1 is 1.09 bits per heavy atom. The van der Waals surface area contributed by atoms with Gasteiger partial charge in [-0.3, -0.25) is 0 Å². The van der Waals surface area contributed by atoms with Crippen LogP contribution in [0.5, 0.6) is 0 Å². The predicted molar refractivity (Wildman–Crippen MR) is 130 cm³/mol. The SMILES string of the molecule is COC(=O)N1CCC2CN(c3cc(C(=O)O)nc4c3c(C3CCC3)nn4-c3ccccc3)CCC21. The topological polar surface area (TPSA) is 101 Å². The Balaban J connectivity index is 1.46. The number of para-hydroxylation sites is 1. The maximum atomic E-state index is 12.2. The number of rotatable bonds is 4.